The molecular weight excluding hydrogens is 258 g/mol. The van der Waals surface area contributed by atoms with Crippen molar-refractivity contribution in [2.45, 2.75) is 25.3 Å². The summed E-state index contributed by atoms with van der Waals surface area (Å²) in [6.07, 6.45) is 5.25. The van der Waals surface area contributed by atoms with Crippen molar-refractivity contribution in [3.05, 3.63) is 72.8 Å². The first kappa shape index (κ1) is 15.2. The van der Waals surface area contributed by atoms with Crippen molar-refractivity contribution in [3.63, 3.8) is 0 Å². The van der Waals surface area contributed by atoms with E-state index < -0.39 is 0 Å². The standard InChI is InChI=1S/C19H23NO/c1-3-4-6-11-19(16-9-7-5-8-10-16)20-17-12-14-18(21-2)15-13-17/h3,5,7-10,12-15,19-20H,1,4,6,11H2,2H3/t19-/m0/s1. The van der Waals surface area contributed by atoms with E-state index >= 15 is 0 Å². The molecule has 0 spiro atoms. The van der Waals surface area contributed by atoms with Gasteiger partial charge in [-0.15, -0.1) is 6.58 Å². The fourth-order valence-electron chi connectivity index (χ4n) is 2.36. The van der Waals surface area contributed by atoms with Crippen LogP contribution in [0, 0.1) is 0 Å². The van der Waals surface area contributed by atoms with E-state index in [2.05, 4.69) is 54.4 Å². The van der Waals surface area contributed by atoms with E-state index in [0.717, 1.165) is 30.7 Å². The number of anilines is 1. The number of allylic oxidation sites excluding steroid dienone is 1. The van der Waals surface area contributed by atoms with Crippen molar-refractivity contribution in [1.82, 2.24) is 0 Å². The topological polar surface area (TPSA) is 21.3 Å². The van der Waals surface area contributed by atoms with Crippen LogP contribution < -0.4 is 10.1 Å². The molecule has 110 valence electrons. The molecular formula is C19H23NO. The van der Waals surface area contributed by atoms with Gasteiger partial charge in [0.2, 0.25) is 0 Å². The predicted octanol–water partition coefficient (Wildman–Crippen LogP) is 5.20. The van der Waals surface area contributed by atoms with Gasteiger partial charge in [0.05, 0.1) is 13.2 Å². The largest absolute Gasteiger partial charge is 0.497 e. The van der Waals surface area contributed by atoms with E-state index in [9.17, 15) is 0 Å². The molecule has 0 aliphatic carbocycles. The molecule has 0 saturated carbocycles. The zero-order valence-corrected chi connectivity index (χ0v) is 12.6. The number of nitrogens with one attached hydrogen (secondary N) is 1. The Bertz CT molecular complexity index is 533. The molecule has 0 bridgehead atoms. The van der Waals surface area contributed by atoms with Gasteiger partial charge in [-0.05, 0) is 49.1 Å². The second kappa shape index (κ2) is 8.15. The lowest BCUT2D eigenvalue weighted by atomic mass is 10.0. The van der Waals surface area contributed by atoms with E-state index in [0.29, 0.717) is 6.04 Å². The molecule has 0 aromatic heterocycles. The molecule has 0 amide bonds. The van der Waals surface area contributed by atoms with Gasteiger partial charge in [0.15, 0.2) is 0 Å². The van der Waals surface area contributed by atoms with Crippen molar-refractivity contribution in [1.29, 1.82) is 0 Å². The van der Waals surface area contributed by atoms with Gasteiger partial charge >= 0.3 is 0 Å². The van der Waals surface area contributed by atoms with Crippen LogP contribution in [0.25, 0.3) is 0 Å². The van der Waals surface area contributed by atoms with Crippen LogP contribution in [0.1, 0.15) is 30.9 Å². The number of methoxy groups -OCH3 is 1. The Kier molecular flexibility index (Phi) is 5.89. The summed E-state index contributed by atoms with van der Waals surface area (Å²) in [5, 5.41) is 3.62. The van der Waals surface area contributed by atoms with Gasteiger partial charge in [-0.1, -0.05) is 36.4 Å². The van der Waals surface area contributed by atoms with Crippen molar-refractivity contribution in [3.8, 4) is 5.75 Å². The summed E-state index contributed by atoms with van der Waals surface area (Å²) in [4.78, 5) is 0. The molecule has 2 heteroatoms. The highest BCUT2D eigenvalue weighted by molar-refractivity contribution is 5.48. The number of unbranched alkanes of at least 4 members (excludes halogenated alkanes) is 1. The molecule has 0 unspecified atom stereocenters. The molecule has 1 N–H and O–H groups in total. The van der Waals surface area contributed by atoms with Crippen LogP contribution >= 0.6 is 0 Å². The summed E-state index contributed by atoms with van der Waals surface area (Å²) < 4.78 is 5.20. The Hall–Kier alpha value is -2.22. The number of rotatable bonds is 8. The summed E-state index contributed by atoms with van der Waals surface area (Å²) in [7, 11) is 1.69. The quantitative estimate of drug-likeness (QED) is 0.530. The maximum absolute atomic E-state index is 5.20. The summed E-state index contributed by atoms with van der Waals surface area (Å²) in [5.41, 5.74) is 2.43. The lowest BCUT2D eigenvalue weighted by molar-refractivity contribution is 0.415. The molecule has 0 heterocycles. The Labute approximate surface area is 127 Å². The Morgan fingerprint density at radius 3 is 2.43 bits per heavy atom. The van der Waals surface area contributed by atoms with Gasteiger partial charge in [0.25, 0.3) is 0 Å². The minimum atomic E-state index is 0.319. The fraction of sp³-hybridized carbons (Fsp3) is 0.263. The molecule has 0 radical (unpaired) electrons. The lowest BCUT2D eigenvalue weighted by Crippen LogP contribution is -2.10. The third-order valence-corrected chi connectivity index (χ3v) is 3.53. The van der Waals surface area contributed by atoms with Crippen LogP contribution in [0.3, 0.4) is 0 Å². The molecule has 2 rings (SSSR count). The van der Waals surface area contributed by atoms with E-state index in [1.165, 1.54) is 5.56 Å². The molecule has 0 aliphatic heterocycles. The van der Waals surface area contributed by atoms with Gasteiger partial charge < -0.3 is 10.1 Å². The van der Waals surface area contributed by atoms with Gasteiger partial charge in [-0.2, -0.15) is 0 Å². The normalized spacial score (nSPS) is 11.7. The highest BCUT2D eigenvalue weighted by Gasteiger charge is 2.10. The number of hydrogen-bond acceptors (Lipinski definition) is 2. The molecule has 0 fully saturated rings. The van der Waals surface area contributed by atoms with E-state index in [4.69, 9.17) is 4.74 Å². The molecule has 21 heavy (non-hydrogen) atoms. The predicted molar refractivity (Wildman–Crippen MR) is 89.8 cm³/mol. The highest BCUT2D eigenvalue weighted by Crippen LogP contribution is 2.25. The average Bonchev–Trinajstić information content (AvgIpc) is 2.55. The Morgan fingerprint density at radius 2 is 1.81 bits per heavy atom. The van der Waals surface area contributed by atoms with Crippen LogP contribution in [0.4, 0.5) is 5.69 Å². The summed E-state index contributed by atoms with van der Waals surface area (Å²) >= 11 is 0. The summed E-state index contributed by atoms with van der Waals surface area (Å²) in [6, 6.07) is 19.0. The van der Waals surface area contributed by atoms with Crippen LogP contribution in [-0.4, -0.2) is 7.11 Å². The fourth-order valence-corrected chi connectivity index (χ4v) is 2.36. The number of hydrogen-bond donors (Lipinski definition) is 1. The van der Waals surface area contributed by atoms with Crippen molar-refractivity contribution in [2.75, 3.05) is 12.4 Å². The Balaban J connectivity index is 2.08. The first-order chi connectivity index (χ1) is 10.3. The third-order valence-electron chi connectivity index (χ3n) is 3.53. The second-order valence-electron chi connectivity index (χ2n) is 5.06. The van der Waals surface area contributed by atoms with E-state index in [1.807, 2.05) is 18.2 Å². The van der Waals surface area contributed by atoms with Gasteiger partial charge in [0.1, 0.15) is 5.75 Å². The van der Waals surface area contributed by atoms with Crippen LogP contribution in [0.2, 0.25) is 0 Å². The molecule has 1 atom stereocenters. The minimum Gasteiger partial charge on any atom is -0.497 e. The van der Waals surface area contributed by atoms with E-state index in [-0.39, 0.29) is 0 Å². The maximum Gasteiger partial charge on any atom is 0.119 e. The monoisotopic (exact) mass is 281 g/mol. The molecule has 0 aliphatic rings. The second-order valence-corrected chi connectivity index (χ2v) is 5.06. The van der Waals surface area contributed by atoms with Crippen LogP contribution in [0.15, 0.2) is 67.3 Å². The zero-order valence-electron chi connectivity index (χ0n) is 12.6. The zero-order chi connectivity index (χ0) is 14.9. The molecule has 2 aromatic carbocycles. The van der Waals surface area contributed by atoms with Gasteiger partial charge in [-0.25, -0.2) is 0 Å². The first-order valence-corrected chi connectivity index (χ1v) is 7.40. The smallest absolute Gasteiger partial charge is 0.119 e. The highest BCUT2D eigenvalue weighted by atomic mass is 16.5. The number of benzene rings is 2. The molecule has 2 nitrogen and oxygen atoms in total. The molecule has 2 aromatic rings. The SMILES string of the molecule is C=CCCC[C@H](Nc1ccc(OC)cc1)c1ccccc1. The average molecular weight is 281 g/mol. The minimum absolute atomic E-state index is 0.319. The van der Waals surface area contributed by atoms with Crippen LogP contribution in [0.5, 0.6) is 5.75 Å². The summed E-state index contributed by atoms with van der Waals surface area (Å²) in [6.45, 7) is 3.80. The molecule has 0 saturated heterocycles. The van der Waals surface area contributed by atoms with E-state index in [1.54, 1.807) is 7.11 Å². The van der Waals surface area contributed by atoms with Crippen molar-refractivity contribution in [2.24, 2.45) is 0 Å². The van der Waals surface area contributed by atoms with Gasteiger partial charge in [-0.3, -0.25) is 0 Å². The van der Waals surface area contributed by atoms with Crippen molar-refractivity contribution < 1.29 is 4.74 Å². The van der Waals surface area contributed by atoms with Crippen LogP contribution in [-0.2, 0) is 0 Å². The maximum atomic E-state index is 5.20. The Morgan fingerprint density at radius 1 is 1.10 bits per heavy atom. The number of ether oxygens (including phenoxy) is 1. The van der Waals surface area contributed by atoms with Crippen molar-refractivity contribution >= 4 is 5.69 Å². The third kappa shape index (κ3) is 4.67. The lowest BCUT2D eigenvalue weighted by Gasteiger charge is -2.20. The van der Waals surface area contributed by atoms with Gasteiger partial charge in [0, 0.05) is 5.69 Å². The first-order valence-electron chi connectivity index (χ1n) is 7.40. The summed E-state index contributed by atoms with van der Waals surface area (Å²) in [5.74, 6) is 0.878.